The molecule has 1 aromatic heterocycles. The van der Waals surface area contributed by atoms with Gasteiger partial charge in [0, 0.05) is 10.7 Å². The summed E-state index contributed by atoms with van der Waals surface area (Å²) in [7, 11) is 0. The molecule has 0 aliphatic heterocycles. The summed E-state index contributed by atoms with van der Waals surface area (Å²) in [6.45, 7) is 0. The van der Waals surface area contributed by atoms with E-state index in [0.717, 1.165) is 17.3 Å². The summed E-state index contributed by atoms with van der Waals surface area (Å²) in [5.41, 5.74) is 0. The normalized spacial score (nSPS) is 15.5. The zero-order valence-corrected chi connectivity index (χ0v) is 8.45. The Labute approximate surface area is 84.2 Å². The summed E-state index contributed by atoms with van der Waals surface area (Å²) >= 11 is 3.25. The van der Waals surface area contributed by atoms with Crippen molar-refractivity contribution in [2.45, 2.75) is 12.8 Å². The number of nitrogens with zero attached hydrogens (tertiary/aromatic N) is 1. The lowest BCUT2D eigenvalue weighted by Crippen LogP contribution is -2.09. The Hall–Kier alpha value is -0.900. The first kappa shape index (κ1) is 8.69. The van der Waals surface area contributed by atoms with Crippen LogP contribution in [-0.2, 0) is 4.79 Å². The van der Waals surface area contributed by atoms with E-state index >= 15 is 0 Å². The Morgan fingerprint density at radius 2 is 2.31 bits per heavy atom. The van der Waals surface area contributed by atoms with Gasteiger partial charge in [-0.25, -0.2) is 0 Å². The highest BCUT2D eigenvalue weighted by molar-refractivity contribution is 9.10. The van der Waals surface area contributed by atoms with Gasteiger partial charge in [-0.2, -0.15) is 0 Å². The maximum atomic E-state index is 11.2. The second-order valence-electron chi connectivity index (χ2n) is 3.03. The van der Waals surface area contributed by atoms with Gasteiger partial charge in [0.15, 0.2) is 0 Å². The number of hydrogen-bond acceptors (Lipinski definition) is 3. The van der Waals surface area contributed by atoms with Gasteiger partial charge < -0.3 is 4.74 Å². The summed E-state index contributed by atoms with van der Waals surface area (Å²) in [4.78, 5) is 15.1. The van der Waals surface area contributed by atoms with Crippen LogP contribution >= 0.6 is 15.9 Å². The van der Waals surface area contributed by atoms with Gasteiger partial charge in [-0.05, 0) is 34.8 Å². The minimum atomic E-state index is -0.139. The van der Waals surface area contributed by atoms with Gasteiger partial charge >= 0.3 is 5.97 Å². The molecule has 1 aromatic rings. The smallest absolute Gasteiger partial charge is 0.314 e. The number of aromatic nitrogens is 1. The van der Waals surface area contributed by atoms with Crippen LogP contribution in [0.3, 0.4) is 0 Å². The van der Waals surface area contributed by atoms with E-state index in [4.69, 9.17) is 4.74 Å². The molecule has 68 valence electrons. The van der Waals surface area contributed by atoms with Crippen LogP contribution < -0.4 is 4.74 Å². The van der Waals surface area contributed by atoms with Crippen LogP contribution in [0.1, 0.15) is 12.8 Å². The monoisotopic (exact) mass is 241 g/mol. The molecule has 4 heteroatoms. The minimum Gasteiger partial charge on any atom is -0.425 e. The van der Waals surface area contributed by atoms with E-state index < -0.39 is 0 Å². The summed E-state index contributed by atoms with van der Waals surface area (Å²) in [5, 5.41) is 0. The van der Waals surface area contributed by atoms with Gasteiger partial charge in [-0.1, -0.05) is 0 Å². The largest absolute Gasteiger partial charge is 0.425 e. The van der Waals surface area contributed by atoms with E-state index in [1.165, 1.54) is 6.20 Å². The molecule has 0 aromatic carbocycles. The van der Waals surface area contributed by atoms with Crippen molar-refractivity contribution in [3.05, 3.63) is 22.9 Å². The van der Waals surface area contributed by atoms with Crippen LogP contribution in [-0.4, -0.2) is 11.0 Å². The first-order chi connectivity index (χ1) is 6.25. The van der Waals surface area contributed by atoms with Crippen LogP contribution in [0.5, 0.6) is 5.75 Å². The lowest BCUT2D eigenvalue weighted by Gasteiger charge is -2.01. The summed E-state index contributed by atoms with van der Waals surface area (Å²) in [5.74, 6) is 0.491. The third-order valence-electron chi connectivity index (χ3n) is 1.81. The molecule has 0 amide bonds. The number of pyridine rings is 1. The number of esters is 1. The molecule has 0 unspecified atom stereocenters. The van der Waals surface area contributed by atoms with Gasteiger partial charge in [0.2, 0.25) is 0 Å². The van der Waals surface area contributed by atoms with Crippen LogP contribution in [0, 0.1) is 5.92 Å². The van der Waals surface area contributed by atoms with E-state index in [0.29, 0.717) is 5.75 Å². The topological polar surface area (TPSA) is 39.2 Å². The quantitative estimate of drug-likeness (QED) is 0.746. The number of carbonyl (C=O) groups excluding carboxylic acids is 1. The number of rotatable bonds is 2. The minimum absolute atomic E-state index is 0.124. The van der Waals surface area contributed by atoms with Gasteiger partial charge in [0.05, 0.1) is 12.1 Å². The summed E-state index contributed by atoms with van der Waals surface area (Å²) < 4.78 is 5.90. The van der Waals surface area contributed by atoms with Crippen molar-refractivity contribution in [1.82, 2.24) is 4.98 Å². The van der Waals surface area contributed by atoms with Gasteiger partial charge in [0.1, 0.15) is 5.75 Å². The zero-order chi connectivity index (χ0) is 9.26. The molecule has 3 nitrogen and oxygen atoms in total. The molecule has 0 spiro atoms. The van der Waals surface area contributed by atoms with Crippen molar-refractivity contribution < 1.29 is 9.53 Å². The molecule has 0 radical (unpaired) electrons. The van der Waals surface area contributed by atoms with Gasteiger partial charge in [-0.3, -0.25) is 9.78 Å². The third kappa shape index (κ3) is 2.28. The molecular weight excluding hydrogens is 234 g/mol. The van der Waals surface area contributed by atoms with E-state index in [9.17, 15) is 4.79 Å². The maximum absolute atomic E-state index is 11.2. The standard InChI is InChI=1S/C9H8BrNO2/c10-7-3-8(5-11-4-7)13-9(12)6-1-2-6/h3-6H,1-2H2. The summed E-state index contributed by atoms with van der Waals surface area (Å²) in [6, 6.07) is 1.73. The first-order valence-electron chi connectivity index (χ1n) is 4.08. The maximum Gasteiger partial charge on any atom is 0.314 e. The van der Waals surface area contributed by atoms with E-state index in [1.807, 2.05) is 0 Å². The molecule has 1 heterocycles. The molecule has 2 rings (SSSR count). The van der Waals surface area contributed by atoms with E-state index in [1.54, 1.807) is 12.3 Å². The van der Waals surface area contributed by atoms with Gasteiger partial charge in [-0.15, -0.1) is 0 Å². The first-order valence-corrected chi connectivity index (χ1v) is 4.87. The molecule has 13 heavy (non-hydrogen) atoms. The van der Waals surface area contributed by atoms with Crippen molar-refractivity contribution >= 4 is 21.9 Å². The molecule has 0 N–H and O–H groups in total. The van der Waals surface area contributed by atoms with Crippen molar-refractivity contribution in [3.63, 3.8) is 0 Å². The number of ether oxygens (including phenoxy) is 1. The molecule has 0 saturated heterocycles. The van der Waals surface area contributed by atoms with Gasteiger partial charge in [0.25, 0.3) is 0 Å². The van der Waals surface area contributed by atoms with Crippen LogP contribution in [0.25, 0.3) is 0 Å². The highest BCUT2D eigenvalue weighted by Gasteiger charge is 2.31. The zero-order valence-electron chi connectivity index (χ0n) is 6.87. The second-order valence-corrected chi connectivity index (χ2v) is 3.95. The average Bonchev–Trinajstić information content (AvgIpc) is 2.85. The third-order valence-corrected chi connectivity index (χ3v) is 2.24. The van der Waals surface area contributed by atoms with E-state index in [-0.39, 0.29) is 11.9 Å². The van der Waals surface area contributed by atoms with Crippen molar-refractivity contribution in [2.75, 3.05) is 0 Å². The fraction of sp³-hybridized carbons (Fsp3) is 0.333. The Bertz CT molecular complexity index is 336. The average molecular weight is 242 g/mol. The lowest BCUT2D eigenvalue weighted by atomic mass is 10.4. The molecule has 1 fully saturated rings. The summed E-state index contributed by atoms with van der Waals surface area (Å²) in [6.07, 6.45) is 5.10. The fourth-order valence-electron chi connectivity index (χ4n) is 0.967. The predicted molar refractivity (Wildman–Crippen MR) is 50.3 cm³/mol. The molecule has 1 aliphatic rings. The second kappa shape index (κ2) is 3.46. The Balaban J connectivity index is 2.04. The molecule has 0 bridgehead atoms. The molecule has 0 atom stereocenters. The number of carbonyl (C=O) groups is 1. The fourth-order valence-corrected chi connectivity index (χ4v) is 1.31. The Morgan fingerprint density at radius 3 is 2.92 bits per heavy atom. The number of halogens is 1. The van der Waals surface area contributed by atoms with Crippen molar-refractivity contribution in [2.24, 2.45) is 5.92 Å². The molecule has 1 aliphatic carbocycles. The van der Waals surface area contributed by atoms with Crippen LogP contribution in [0.2, 0.25) is 0 Å². The van der Waals surface area contributed by atoms with Crippen LogP contribution in [0.15, 0.2) is 22.9 Å². The van der Waals surface area contributed by atoms with E-state index in [2.05, 4.69) is 20.9 Å². The van der Waals surface area contributed by atoms with Crippen molar-refractivity contribution in [1.29, 1.82) is 0 Å². The lowest BCUT2D eigenvalue weighted by molar-refractivity contribution is -0.135. The Kier molecular flexibility index (Phi) is 2.31. The Morgan fingerprint density at radius 1 is 1.54 bits per heavy atom. The van der Waals surface area contributed by atoms with Crippen molar-refractivity contribution in [3.8, 4) is 5.75 Å². The molecular formula is C9H8BrNO2. The SMILES string of the molecule is O=C(Oc1cncc(Br)c1)C1CC1. The predicted octanol–water partition coefficient (Wildman–Crippen LogP) is 2.16. The molecule has 1 saturated carbocycles. The highest BCUT2D eigenvalue weighted by atomic mass is 79.9. The van der Waals surface area contributed by atoms with Crippen LogP contribution in [0.4, 0.5) is 0 Å². The highest BCUT2D eigenvalue weighted by Crippen LogP contribution is 2.30. The number of hydrogen-bond donors (Lipinski definition) is 0.